The third-order valence-corrected chi connectivity index (χ3v) is 0.941. The second kappa shape index (κ2) is 5.16. The molecule has 0 saturated heterocycles. The Balaban J connectivity index is 3.21. The normalized spacial score (nSPS) is 13.0. The summed E-state index contributed by atoms with van der Waals surface area (Å²) in [7, 11) is 0. The minimum absolute atomic E-state index is 0.109. The maximum Gasteiger partial charge on any atom is 0.148 e. The highest BCUT2D eigenvalue weighted by Crippen LogP contribution is 1.75. The van der Waals surface area contributed by atoms with Crippen molar-refractivity contribution in [2.75, 3.05) is 19.8 Å². The maximum absolute atomic E-state index is 10.0. The van der Waals surface area contributed by atoms with Crippen molar-refractivity contribution in [1.29, 1.82) is 0 Å². The van der Waals surface area contributed by atoms with E-state index in [1.54, 1.807) is 0 Å². The first kappa shape index (κ1) is 9.35. The number of carboxylic acid groups (broad SMARTS) is 1. The molecule has 0 aromatic carbocycles. The SMILES string of the molecule is [NH3+]CCOCC([NH3+])C(=O)[O-]. The van der Waals surface area contributed by atoms with E-state index < -0.39 is 12.0 Å². The number of carbonyl (C=O) groups is 1. The van der Waals surface area contributed by atoms with E-state index >= 15 is 0 Å². The molecule has 10 heavy (non-hydrogen) atoms. The van der Waals surface area contributed by atoms with Gasteiger partial charge in [0.1, 0.15) is 18.6 Å². The summed E-state index contributed by atoms with van der Waals surface area (Å²) in [6.07, 6.45) is 0. The van der Waals surface area contributed by atoms with Crippen LogP contribution >= 0.6 is 0 Å². The van der Waals surface area contributed by atoms with Crippen LogP contribution in [0.25, 0.3) is 0 Å². The van der Waals surface area contributed by atoms with Crippen LogP contribution in [0.3, 0.4) is 0 Å². The highest BCUT2D eigenvalue weighted by atomic mass is 16.5. The first-order valence-electron chi connectivity index (χ1n) is 3.09. The number of quaternary nitrogens is 2. The number of hydrogen-bond acceptors (Lipinski definition) is 3. The number of hydrogen-bond donors (Lipinski definition) is 2. The van der Waals surface area contributed by atoms with Gasteiger partial charge in [0.05, 0.1) is 13.2 Å². The van der Waals surface area contributed by atoms with Crippen molar-refractivity contribution in [2.45, 2.75) is 6.04 Å². The summed E-state index contributed by atoms with van der Waals surface area (Å²) in [6, 6.07) is -0.772. The van der Waals surface area contributed by atoms with E-state index in [0.717, 1.165) is 0 Å². The van der Waals surface area contributed by atoms with E-state index in [-0.39, 0.29) is 6.61 Å². The summed E-state index contributed by atoms with van der Waals surface area (Å²) < 4.78 is 4.86. The number of carboxylic acids is 1. The minimum Gasteiger partial charge on any atom is -0.544 e. The average molecular weight is 149 g/mol. The Morgan fingerprint density at radius 1 is 1.70 bits per heavy atom. The first-order chi connectivity index (χ1) is 4.68. The molecule has 0 bridgehead atoms. The van der Waals surface area contributed by atoms with Gasteiger partial charge in [-0.3, -0.25) is 0 Å². The summed E-state index contributed by atoms with van der Waals surface area (Å²) in [4.78, 5) is 10.0. The van der Waals surface area contributed by atoms with Gasteiger partial charge in [0.15, 0.2) is 0 Å². The molecular weight excluding hydrogens is 136 g/mol. The Morgan fingerprint density at radius 3 is 2.70 bits per heavy atom. The molecule has 0 fully saturated rings. The Morgan fingerprint density at radius 2 is 2.30 bits per heavy atom. The molecule has 0 aromatic rings. The Kier molecular flexibility index (Phi) is 4.82. The van der Waals surface area contributed by atoms with Gasteiger partial charge in [-0.25, -0.2) is 0 Å². The zero-order valence-electron chi connectivity index (χ0n) is 5.84. The molecule has 1 atom stereocenters. The fourth-order valence-electron chi connectivity index (χ4n) is 0.396. The summed E-state index contributed by atoms with van der Waals surface area (Å²) >= 11 is 0. The molecular formula is C5H13N2O3+. The van der Waals surface area contributed by atoms with Crippen LogP contribution in [0.15, 0.2) is 0 Å². The molecule has 0 aliphatic rings. The monoisotopic (exact) mass is 149 g/mol. The number of rotatable bonds is 5. The Bertz CT molecular complexity index is 107. The molecule has 5 nitrogen and oxygen atoms in total. The van der Waals surface area contributed by atoms with Crippen LogP contribution in [0.4, 0.5) is 0 Å². The molecule has 0 aliphatic carbocycles. The van der Waals surface area contributed by atoms with Crippen LogP contribution in [-0.2, 0) is 9.53 Å². The molecule has 0 aromatic heterocycles. The standard InChI is InChI=1S/C5H12N2O3/c6-1-2-10-3-4(7)5(8)9/h4H,1-3,6-7H2,(H,8,9)/p+1. The van der Waals surface area contributed by atoms with Crippen molar-refractivity contribution in [3.8, 4) is 0 Å². The highest BCUT2D eigenvalue weighted by Gasteiger charge is 2.05. The number of carbonyl (C=O) groups excluding carboxylic acids is 1. The summed E-state index contributed by atoms with van der Waals surface area (Å²) in [5.41, 5.74) is 6.82. The van der Waals surface area contributed by atoms with Gasteiger partial charge in [-0.1, -0.05) is 0 Å². The topological polar surface area (TPSA) is 105 Å². The molecule has 5 heteroatoms. The van der Waals surface area contributed by atoms with E-state index in [4.69, 9.17) is 4.74 Å². The predicted octanol–water partition coefficient (Wildman–Crippen LogP) is -4.39. The molecule has 0 aliphatic heterocycles. The second-order valence-corrected chi connectivity index (χ2v) is 1.94. The molecule has 0 heterocycles. The predicted molar refractivity (Wildman–Crippen MR) is 30.3 cm³/mol. The van der Waals surface area contributed by atoms with Gasteiger partial charge in [-0.2, -0.15) is 0 Å². The van der Waals surface area contributed by atoms with Crippen LogP contribution in [-0.4, -0.2) is 31.8 Å². The van der Waals surface area contributed by atoms with Gasteiger partial charge in [0, 0.05) is 0 Å². The van der Waals surface area contributed by atoms with Crippen LogP contribution in [0.2, 0.25) is 0 Å². The molecule has 0 radical (unpaired) electrons. The van der Waals surface area contributed by atoms with Gasteiger partial charge in [-0.15, -0.1) is 0 Å². The Labute approximate surface area is 58.9 Å². The van der Waals surface area contributed by atoms with Gasteiger partial charge in [0.25, 0.3) is 0 Å². The van der Waals surface area contributed by atoms with Gasteiger partial charge in [0.2, 0.25) is 0 Å². The maximum atomic E-state index is 10.0. The van der Waals surface area contributed by atoms with Crippen LogP contribution in [0.5, 0.6) is 0 Å². The van der Waals surface area contributed by atoms with Crippen LogP contribution in [0.1, 0.15) is 0 Å². The van der Waals surface area contributed by atoms with E-state index in [9.17, 15) is 9.90 Å². The molecule has 60 valence electrons. The lowest BCUT2D eigenvalue weighted by Gasteiger charge is -2.07. The van der Waals surface area contributed by atoms with Crippen LogP contribution < -0.4 is 16.6 Å². The third kappa shape index (κ3) is 4.25. The van der Waals surface area contributed by atoms with Crippen molar-refractivity contribution in [1.82, 2.24) is 0 Å². The number of aliphatic carboxylic acids is 1. The van der Waals surface area contributed by atoms with E-state index in [1.165, 1.54) is 0 Å². The second-order valence-electron chi connectivity index (χ2n) is 1.94. The van der Waals surface area contributed by atoms with Gasteiger partial charge in [-0.05, 0) is 0 Å². The van der Waals surface area contributed by atoms with Gasteiger partial charge < -0.3 is 26.1 Å². The minimum atomic E-state index is -1.18. The Hall–Kier alpha value is -0.650. The molecule has 0 amide bonds. The van der Waals surface area contributed by atoms with Crippen molar-refractivity contribution < 1.29 is 26.1 Å². The van der Waals surface area contributed by atoms with E-state index in [1.807, 2.05) is 0 Å². The van der Waals surface area contributed by atoms with Gasteiger partial charge >= 0.3 is 0 Å². The average Bonchev–Trinajstić information content (AvgIpc) is 1.88. The first-order valence-corrected chi connectivity index (χ1v) is 3.09. The van der Waals surface area contributed by atoms with E-state index in [0.29, 0.717) is 13.2 Å². The summed E-state index contributed by atoms with van der Waals surface area (Å²) in [6.45, 7) is 1.22. The molecule has 0 rings (SSSR count). The molecule has 0 spiro atoms. The largest absolute Gasteiger partial charge is 0.544 e. The molecule has 0 saturated carbocycles. The van der Waals surface area contributed by atoms with Crippen molar-refractivity contribution in [3.05, 3.63) is 0 Å². The zero-order valence-corrected chi connectivity index (χ0v) is 5.84. The zero-order chi connectivity index (χ0) is 7.98. The molecule has 6 N–H and O–H groups in total. The smallest absolute Gasteiger partial charge is 0.148 e. The van der Waals surface area contributed by atoms with Crippen molar-refractivity contribution in [2.24, 2.45) is 0 Å². The summed E-state index contributed by atoms with van der Waals surface area (Å²) in [5.74, 6) is -1.18. The van der Waals surface area contributed by atoms with Crippen LogP contribution in [0, 0.1) is 0 Å². The lowest BCUT2D eigenvalue weighted by atomic mass is 10.3. The van der Waals surface area contributed by atoms with Crippen molar-refractivity contribution >= 4 is 5.97 Å². The fraction of sp³-hybridized carbons (Fsp3) is 0.800. The van der Waals surface area contributed by atoms with E-state index in [2.05, 4.69) is 11.5 Å². The third-order valence-electron chi connectivity index (χ3n) is 0.941. The lowest BCUT2D eigenvalue weighted by Crippen LogP contribution is -2.70. The van der Waals surface area contributed by atoms with Crippen molar-refractivity contribution in [3.63, 3.8) is 0 Å². The number of ether oxygens (including phenoxy) is 1. The highest BCUT2D eigenvalue weighted by molar-refractivity contribution is 5.69. The summed E-state index contributed by atoms with van der Waals surface area (Å²) in [5, 5.41) is 10.0. The quantitative estimate of drug-likeness (QED) is 0.385. The lowest BCUT2D eigenvalue weighted by molar-refractivity contribution is -0.444. The fourth-order valence-corrected chi connectivity index (χ4v) is 0.396. The molecule has 1 unspecified atom stereocenters.